The predicted molar refractivity (Wildman–Crippen MR) is 96.6 cm³/mol. The van der Waals surface area contributed by atoms with E-state index in [0.29, 0.717) is 5.56 Å². The number of halogens is 1. The molecule has 0 aromatic heterocycles. The Labute approximate surface area is 147 Å². The predicted octanol–water partition coefficient (Wildman–Crippen LogP) is 3.72. The summed E-state index contributed by atoms with van der Waals surface area (Å²) in [6.45, 7) is 0. The number of hydrazone groups is 1. The van der Waals surface area contributed by atoms with Gasteiger partial charge in [-0.05, 0) is 29.3 Å². The Morgan fingerprint density at radius 1 is 1.25 bits per heavy atom. The van der Waals surface area contributed by atoms with Crippen LogP contribution in [0.25, 0.3) is 6.08 Å². The highest BCUT2D eigenvalue weighted by atomic mass is 79.9. The molecule has 24 heavy (non-hydrogen) atoms. The molecule has 6 nitrogen and oxygen atoms in total. The van der Waals surface area contributed by atoms with Crippen molar-refractivity contribution in [3.05, 3.63) is 80.3 Å². The summed E-state index contributed by atoms with van der Waals surface area (Å²) in [5.74, 6) is -0.225. The molecule has 0 aliphatic heterocycles. The summed E-state index contributed by atoms with van der Waals surface area (Å²) >= 11 is 3.33. The number of non-ortho nitro benzene ring substituents is 1. The van der Waals surface area contributed by atoms with E-state index >= 15 is 0 Å². The van der Waals surface area contributed by atoms with E-state index in [1.807, 2.05) is 24.3 Å². The zero-order valence-electron chi connectivity index (χ0n) is 12.6. The number of carbonyl (C=O) groups excluding carboxylic acids is 1. The van der Waals surface area contributed by atoms with Crippen LogP contribution in [-0.2, 0) is 11.2 Å². The third kappa shape index (κ3) is 5.77. The Hall–Kier alpha value is -2.80. The van der Waals surface area contributed by atoms with Gasteiger partial charge < -0.3 is 0 Å². The molecule has 0 aliphatic carbocycles. The minimum Gasteiger partial charge on any atom is -0.273 e. The molecule has 0 unspecified atom stereocenters. The molecule has 0 radical (unpaired) electrons. The van der Waals surface area contributed by atoms with Gasteiger partial charge in [-0.2, -0.15) is 5.10 Å². The van der Waals surface area contributed by atoms with Gasteiger partial charge in [0, 0.05) is 22.8 Å². The minimum atomic E-state index is -0.451. The standard InChI is InChI=1S/C17H14BrN3O3/c18-15-8-6-14(7-9-15)12-17(22)20-19-10-2-4-13-3-1-5-16(11-13)21(23)24/h1-11H,12H2,(H,20,22)/b4-2+,19-10-. The average Bonchev–Trinajstić information content (AvgIpc) is 2.57. The van der Waals surface area contributed by atoms with Crippen LogP contribution in [0, 0.1) is 10.1 Å². The van der Waals surface area contributed by atoms with Crippen LogP contribution < -0.4 is 5.43 Å². The Balaban J connectivity index is 1.83. The first-order valence-corrected chi connectivity index (χ1v) is 7.81. The van der Waals surface area contributed by atoms with Crippen LogP contribution in [-0.4, -0.2) is 17.0 Å². The monoisotopic (exact) mass is 387 g/mol. The van der Waals surface area contributed by atoms with Gasteiger partial charge in [0.05, 0.1) is 11.3 Å². The molecule has 0 fully saturated rings. The molecular formula is C17H14BrN3O3. The summed E-state index contributed by atoms with van der Waals surface area (Å²) in [7, 11) is 0. The van der Waals surface area contributed by atoms with Gasteiger partial charge in [-0.3, -0.25) is 14.9 Å². The largest absolute Gasteiger partial charge is 0.273 e. The van der Waals surface area contributed by atoms with E-state index in [1.165, 1.54) is 18.3 Å². The quantitative estimate of drug-likeness (QED) is 0.465. The molecule has 0 aliphatic rings. The number of hydrogen-bond acceptors (Lipinski definition) is 4. The SMILES string of the molecule is O=C(Cc1ccc(Br)cc1)N/N=C\C=C\c1cccc([N+](=O)[O-])c1. The van der Waals surface area contributed by atoms with Gasteiger partial charge in [0.2, 0.25) is 5.91 Å². The van der Waals surface area contributed by atoms with Gasteiger partial charge in [-0.15, -0.1) is 0 Å². The minimum absolute atomic E-state index is 0.0249. The maximum Gasteiger partial charge on any atom is 0.270 e. The molecule has 1 N–H and O–H groups in total. The number of nitrogens with one attached hydrogen (secondary N) is 1. The topological polar surface area (TPSA) is 84.6 Å². The lowest BCUT2D eigenvalue weighted by Gasteiger charge is -2.00. The summed E-state index contributed by atoms with van der Waals surface area (Å²) in [5, 5.41) is 14.5. The Morgan fingerprint density at radius 2 is 2.00 bits per heavy atom. The van der Waals surface area contributed by atoms with Crippen LogP contribution in [0.15, 0.2) is 64.2 Å². The van der Waals surface area contributed by atoms with Crippen LogP contribution in [0.5, 0.6) is 0 Å². The van der Waals surface area contributed by atoms with E-state index in [-0.39, 0.29) is 18.0 Å². The molecule has 0 saturated heterocycles. The van der Waals surface area contributed by atoms with Crippen molar-refractivity contribution in [1.29, 1.82) is 0 Å². The van der Waals surface area contributed by atoms with Crippen LogP contribution in [0.2, 0.25) is 0 Å². The second-order valence-electron chi connectivity index (χ2n) is 4.83. The van der Waals surface area contributed by atoms with Crippen molar-refractivity contribution >= 4 is 39.8 Å². The highest BCUT2D eigenvalue weighted by Gasteiger charge is 2.03. The zero-order valence-corrected chi connectivity index (χ0v) is 14.1. The van der Waals surface area contributed by atoms with Crippen molar-refractivity contribution in [1.82, 2.24) is 5.43 Å². The molecule has 122 valence electrons. The highest BCUT2D eigenvalue weighted by Crippen LogP contribution is 2.14. The van der Waals surface area contributed by atoms with E-state index in [9.17, 15) is 14.9 Å². The number of hydrogen-bond donors (Lipinski definition) is 1. The molecule has 0 heterocycles. The molecule has 2 aromatic carbocycles. The number of nitro groups is 1. The number of benzene rings is 2. The molecular weight excluding hydrogens is 374 g/mol. The Kier molecular flexibility index (Phi) is 6.39. The molecule has 2 aromatic rings. The van der Waals surface area contributed by atoms with Crippen molar-refractivity contribution in [2.24, 2.45) is 5.10 Å². The van der Waals surface area contributed by atoms with Gasteiger partial charge in [0.1, 0.15) is 0 Å². The molecule has 0 atom stereocenters. The van der Waals surface area contributed by atoms with E-state index in [0.717, 1.165) is 10.0 Å². The van der Waals surface area contributed by atoms with Crippen LogP contribution in [0.4, 0.5) is 5.69 Å². The van der Waals surface area contributed by atoms with Crippen LogP contribution in [0.1, 0.15) is 11.1 Å². The van der Waals surface area contributed by atoms with Gasteiger partial charge in [0.15, 0.2) is 0 Å². The maximum absolute atomic E-state index is 11.7. The fourth-order valence-electron chi connectivity index (χ4n) is 1.88. The third-order valence-electron chi connectivity index (χ3n) is 3.00. The number of nitro benzene ring substituents is 1. The number of allylic oxidation sites excluding steroid dienone is 1. The number of amides is 1. The van der Waals surface area contributed by atoms with Gasteiger partial charge in [0.25, 0.3) is 5.69 Å². The van der Waals surface area contributed by atoms with E-state index < -0.39 is 4.92 Å². The van der Waals surface area contributed by atoms with Crippen LogP contribution in [0.3, 0.4) is 0 Å². The van der Waals surface area contributed by atoms with Crippen LogP contribution >= 0.6 is 15.9 Å². The van der Waals surface area contributed by atoms with E-state index in [2.05, 4.69) is 26.5 Å². The molecule has 7 heteroatoms. The lowest BCUT2D eigenvalue weighted by Crippen LogP contribution is -2.19. The maximum atomic E-state index is 11.7. The Bertz CT molecular complexity index is 786. The van der Waals surface area contributed by atoms with E-state index in [1.54, 1.807) is 24.3 Å². The average molecular weight is 388 g/mol. The van der Waals surface area contributed by atoms with Crippen molar-refractivity contribution in [3.63, 3.8) is 0 Å². The summed E-state index contributed by atoms with van der Waals surface area (Å²) in [6.07, 6.45) is 4.91. The summed E-state index contributed by atoms with van der Waals surface area (Å²) in [4.78, 5) is 21.9. The summed E-state index contributed by atoms with van der Waals surface area (Å²) in [6, 6.07) is 13.7. The first kappa shape index (κ1) is 17.6. The normalized spacial score (nSPS) is 11.0. The molecule has 0 bridgehead atoms. The first-order valence-electron chi connectivity index (χ1n) is 7.02. The zero-order chi connectivity index (χ0) is 17.4. The lowest BCUT2D eigenvalue weighted by atomic mass is 10.1. The highest BCUT2D eigenvalue weighted by molar-refractivity contribution is 9.10. The number of carbonyl (C=O) groups is 1. The third-order valence-corrected chi connectivity index (χ3v) is 3.53. The van der Waals surface area contributed by atoms with Gasteiger partial charge in [-0.25, -0.2) is 5.43 Å². The summed E-state index contributed by atoms with van der Waals surface area (Å²) in [5.41, 5.74) is 4.01. The van der Waals surface area contributed by atoms with Crippen molar-refractivity contribution in [2.75, 3.05) is 0 Å². The van der Waals surface area contributed by atoms with Crippen molar-refractivity contribution in [2.45, 2.75) is 6.42 Å². The molecule has 0 spiro atoms. The van der Waals surface area contributed by atoms with Gasteiger partial charge in [-0.1, -0.05) is 46.3 Å². The fraction of sp³-hybridized carbons (Fsp3) is 0.0588. The Morgan fingerprint density at radius 3 is 2.71 bits per heavy atom. The fourth-order valence-corrected chi connectivity index (χ4v) is 2.14. The van der Waals surface area contributed by atoms with Crippen molar-refractivity contribution in [3.8, 4) is 0 Å². The first-order chi connectivity index (χ1) is 11.5. The molecule has 0 saturated carbocycles. The number of rotatable bonds is 6. The van der Waals surface area contributed by atoms with Crippen molar-refractivity contribution < 1.29 is 9.72 Å². The summed E-state index contributed by atoms with van der Waals surface area (Å²) < 4.78 is 0.955. The number of nitrogens with zero attached hydrogens (tertiary/aromatic N) is 2. The molecule has 2 rings (SSSR count). The smallest absolute Gasteiger partial charge is 0.270 e. The molecule has 1 amide bonds. The van der Waals surface area contributed by atoms with Gasteiger partial charge >= 0.3 is 0 Å². The lowest BCUT2D eigenvalue weighted by molar-refractivity contribution is -0.384. The second-order valence-corrected chi connectivity index (χ2v) is 5.74. The second kappa shape index (κ2) is 8.73. The van der Waals surface area contributed by atoms with E-state index in [4.69, 9.17) is 0 Å².